The molecule has 1 rings (SSSR count). The molecule has 1 nitrogen and oxygen atoms in total. The standard InChI is InChI=1S/C10H13ClO/c11-8-4-7-10(12)9-5-2-1-3-6-9/h1-3,5-6,10,12H,4,7-8H2. The topological polar surface area (TPSA) is 20.2 Å². The summed E-state index contributed by atoms with van der Waals surface area (Å²) in [6.07, 6.45) is 1.25. The van der Waals surface area contributed by atoms with Crippen molar-refractivity contribution in [1.82, 2.24) is 0 Å². The van der Waals surface area contributed by atoms with Crippen LogP contribution in [0.15, 0.2) is 30.3 Å². The molecule has 66 valence electrons. The lowest BCUT2D eigenvalue weighted by atomic mass is 10.1. The first-order valence-electron chi connectivity index (χ1n) is 4.13. The third-order valence-electron chi connectivity index (χ3n) is 1.80. The Bertz CT molecular complexity index is 210. The van der Waals surface area contributed by atoms with E-state index in [1.807, 2.05) is 30.3 Å². The van der Waals surface area contributed by atoms with Gasteiger partial charge in [0.05, 0.1) is 6.10 Å². The molecule has 0 saturated carbocycles. The minimum Gasteiger partial charge on any atom is -0.388 e. The second kappa shape index (κ2) is 5.18. The van der Waals surface area contributed by atoms with E-state index < -0.39 is 0 Å². The Hall–Kier alpha value is -0.530. The summed E-state index contributed by atoms with van der Waals surface area (Å²) in [7, 11) is 0. The van der Waals surface area contributed by atoms with Gasteiger partial charge >= 0.3 is 0 Å². The first-order valence-corrected chi connectivity index (χ1v) is 4.67. The molecule has 0 amide bonds. The number of aliphatic hydroxyl groups excluding tert-OH is 1. The molecule has 0 fully saturated rings. The second-order valence-electron chi connectivity index (χ2n) is 2.76. The largest absolute Gasteiger partial charge is 0.388 e. The molecule has 1 aromatic rings. The maximum absolute atomic E-state index is 9.59. The van der Waals surface area contributed by atoms with Crippen molar-refractivity contribution in [1.29, 1.82) is 0 Å². The summed E-state index contributed by atoms with van der Waals surface area (Å²) in [5, 5.41) is 9.59. The average molecular weight is 185 g/mol. The first-order chi connectivity index (χ1) is 5.84. The molecule has 0 radical (unpaired) electrons. The molecule has 2 heteroatoms. The molecule has 0 aliphatic heterocycles. The summed E-state index contributed by atoms with van der Waals surface area (Å²) in [6.45, 7) is 0. The number of rotatable bonds is 4. The van der Waals surface area contributed by atoms with Crippen LogP contribution in [0.5, 0.6) is 0 Å². The lowest BCUT2D eigenvalue weighted by Gasteiger charge is -2.08. The van der Waals surface area contributed by atoms with Gasteiger partial charge in [-0.25, -0.2) is 0 Å². The van der Waals surface area contributed by atoms with E-state index in [9.17, 15) is 5.11 Å². The zero-order valence-electron chi connectivity index (χ0n) is 6.91. The average Bonchev–Trinajstić information content (AvgIpc) is 2.15. The summed E-state index contributed by atoms with van der Waals surface area (Å²) in [6, 6.07) is 9.66. The highest BCUT2D eigenvalue weighted by atomic mass is 35.5. The van der Waals surface area contributed by atoms with Crippen molar-refractivity contribution < 1.29 is 5.11 Å². The predicted octanol–water partition coefficient (Wildman–Crippen LogP) is 2.74. The van der Waals surface area contributed by atoms with E-state index in [1.54, 1.807) is 0 Å². The van der Waals surface area contributed by atoms with Crippen LogP contribution in [0.1, 0.15) is 24.5 Å². The fourth-order valence-corrected chi connectivity index (χ4v) is 1.27. The van der Waals surface area contributed by atoms with Crippen LogP contribution in [0, 0.1) is 0 Å². The summed E-state index contributed by atoms with van der Waals surface area (Å²) in [5.41, 5.74) is 0.975. The maximum Gasteiger partial charge on any atom is 0.0790 e. The van der Waals surface area contributed by atoms with Crippen LogP contribution < -0.4 is 0 Å². The monoisotopic (exact) mass is 184 g/mol. The Morgan fingerprint density at radius 3 is 2.50 bits per heavy atom. The van der Waals surface area contributed by atoms with Crippen LogP contribution in [-0.4, -0.2) is 11.0 Å². The van der Waals surface area contributed by atoms with Gasteiger partial charge in [-0.05, 0) is 18.4 Å². The Kier molecular flexibility index (Phi) is 4.12. The highest BCUT2D eigenvalue weighted by molar-refractivity contribution is 6.17. The van der Waals surface area contributed by atoms with Crippen LogP contribution in [-0.2, 0) is 0 Å². The number of hydrogen-bond donors (Lipinski definition) is 1. The van der Waals surface area contributed by atoms with Gasteiger partial charge in [0.2, 0.25) is 0 Å². The Balaban J connectivity index is 2.48. The SMILES string of the molecule is OC(CCCCl)c1ccccc1. The first kappa shape index (κ1) is 9.56. The fraction of sp³-hybridized carbons (Fsp3) is 0.400. The van der Waals surface area contributed by atoms with E-state index in [4.69, 9.17) is 11.6 Å². The van der Waals surface area contributed by atoms with E-state index in [2.05, 4.69) is 0 Å². The lowest BCUT2D eigenvalue weighted by molar-refractivity contribution is 0.167. The minimum absolute atomic E-state index is 0.357. The Morgan fingerprint density at radius 1 is 1.25 bits per heavy atom. The van der Waals surface area contributed by atoms with E-state index >= 15 is 0 Å². The molecule has 0 spiro atoms. The van der Waals surface area contributed by atoms with E-state index in [0.717, 1.165) is 18.4 Å². The van der Waals surface area contributed by atoms with E-state index in [1.165, 1.54) is 0 Å². The molecule has 1 N–H and O–H groups in total. The maximum atomic E-state index is 9.59. The Morgan fingerprint density at radius 2 is 1.92 bits per heavy atom. The van der Waals surface area contributed by atoms with Crippen LogP contribution in [0.25, 0.3) is 0 Å². The smallest absolute Gasteiger partial charge is 0.0790 e. The van der Waals surface area contributed by atoms with Crippen molar-refractivity contribution >= 4 is 11.6 Å². The predicted molar refractivity (Wildman–Crippen MR) is 51.4 cm³/mol. The Labute approximate surface area is 78.0 Å². The van der Waals surface area contributed by atoms with Crippen LogP contribution in [0.3, 0.4) is 0 Å². The van der Waals surface area contributed by atoms with Crippen molar-refractivity contribution in [2.24, 2.45) is 0 Å². The molecule has 1 aromatic carbocycles. The van der Waals surface area contributed by atoms with Gasteiger partial charge in [-0.15, -0.1) is 11.6 Å². The second-order valence-corrected chi connectivity index (χ2v) is 3.14. The molecule has 12 heavy (non-hydrogen) atoms. The number of benzene rings is 1. The van der Waals surface area contributed by atoms with Gasteiger partial charge < -0.3 is 5.11 Å². The summed E-state index contributed by atoms with van der Waals surface area (Å²) < 4.78 is 0. The number of aliphatic hydroxyl groups is 1. The van der Waals surface area contributed by atoms with Gasteiger partial charge in [-0.1, -0.05) is 30.3 Å². The molecule has 0 aromatic heterocycles. The van der Waals surface area contributed by atoms with Gasteiger partial charge in [0.1, 0.15) is 0 Å². The van der Waals surface area contributed by atoms with Crippen LogP contribution in [0.2, 0.25) is 0 Å². The molecule has 0 bridgehead atoms. The van der Waals surface area contributed by atoms with E-state index in [0.29, 0.717) is 5.88 Å². The van der Waals surface area contributed by atoms with Crippen molar-refractivity contribution in [3.05, 3.63) is 35.9 Å². The van der Waals surface area contributed by atoms with Gasteiger partial charge in [0, 0.05) is 5.88 Å². The van der Waals surface area contributed by atoms with Crippen molar-refractivity contribution in [3.8, 4) is 0 Å². The summed E-state index contributed by atoms with van der Waals surface area (Å²) in [4.78, 5) is 0. The fourth-order valence-electron chi connectivity index (χ4n) is 1.11. The molecular formula is C10H13ClO. The third-order valence-corrected chi connectivity index (χ3v) is 2.06. The molecule has 1 atom stereocenters. The normalized spacial score (nSPS) is 12.8. The van der Waals surface area contributed by atoms with E-state index in [-0.39, 0.29) is 6.10 Å². The van der Waals surface area contributed by atoms with Gasteiger partial charge in [-0.2, -0.15) is 0 Å². The highest BCUT2D eigenvalue weighted by Gasteiger charge is 2.04. The van der Waals surface area contributed by atoms with Crippen LogP contribution >= 0.6 is 11.6 Å². The third kappa shape index (κ3) is 2.84. The number of hydrogen-bond acceptors (Lipinski definition) is 1. The number of halogens is 1. The molecular weight excluding hydrogens is 172 g/mol. The van der Waals surface area contributed by atoms with Crippen LogP contribution in [0.4, 0.5) is 0 Å². The molecule has 0 aliphatic rings. The van der Waals surface area contributed by atoms with Gasteiger partial charge in [-0.3, -0.25) is 0 Å². The van der Waals surface area contributed by atoms with Crippen molar-refractivity contribution in [2.45, 2.75) is 18.9 Å². The van der Waals surface area contributed by atoms with Gasteiger partial charge in [0.15, 0.2) is 0 Å². The molecule has 0 aliphatic carbocycles. The molecule has 0 saturated heterocycles. The quantitative estimate of drug-likeness (QED) is 0.714. The molecule has 1 unspecified atom stereocenters. The summed E-state index contributed by atoms with van der Waals surface area (Å²) >= 11 is 5.52. The van der Waals surface area contributed by atoms with Gasteiger partial charge in [0.25, 0.3) is 0 Å². The lowest BCUT2D eigenvalue weighted by Crippen LogP contribution is -1.96. The minimum atomic E-state index is -0.357. The zero-order chi connectivity index (χ0) is 8.81. The zero-order valence-corrected chi connectivity index (χ0v) is 7.67. The van der Waals surface area contributed by atoms with Crippen molar-refractivity contribution in [2.75, 3.05) is 5.88 Å². The molecule has 0 heterocycles. The van der Waals surface area contributed by atoms with Crippen molar-refractivity contribution in [3.63, 3.8) is 0 Å². The number of alkyl halides is 1. The highest BCUT2D eigenvalue weighted by Crippen LogP contribution is 2.17. The summed E-state index contributed by atoms with van der Waals surface area (Å²) in [5.74, 6) is 0.615.